The van der Waals surface area contributed by atoms with E-state index in [9.17, 15) is 0 Å². The molecule has 0 radical (unpaired) electrons. The van der Waals surface area contributed by atoms with Crippen molar-refractivity contribution >= 4 is 22.5 Å². The van der Waals surface area contributed by atoms with Crippen LogP contribution in [0.4, 0.5) is 11.5 Å². The smallest absolute Gasteiger partial charge is 0.164 e. The second-order valence-corrected chi connectivity index (χ2v) is 4.20. The first kappa shape index (κ1) is 11.5. The summed E-state index contributed by atoms with van der Waals surface area (Å²) < 4.78 is 10.6. The molecule has 0 amide bonds. The Kier molecular flexibility index (Phi) is 2.79. The number of benzene rings is 1. The number of anilines is 2. The molecule has 0 bridgehead atoms. The lowest BCUT2D eigenvalue weighted by Crippen LogP contribution is -1.96. The number of hydrogen-bond donors (Lipinski definition) is 1. The highest BCUT2D eigenvalue weighted by Crippen LogP contribution is 2.27. The van der Waals surface area contributed by atoms with E-state index in [2.05, 4.69) is 15.5 Å². The zero-order valence-electron chi connectivity index (χ0n) is 10.7. The van der Waals surface area contributed by atoms with Crippen molar-refractivity contribution in [3.05, 3.63) is 42.3 Å². The molecule has 0 aliphatic heterocycles. The van der Waals surface area contributed by atoms with Crippen LogP contribution in [-0.2, 0) is 0 Å². The van der Waals surface area contributed by atoms with Crippen LogP contribution in [0.15, 0.2) is 41.1 Å². The van der Waals surface area contributed by atoms with Gasteiger partial charge in [-0.1, -0.05) is 6.07 Å². The lowest BCUT2D eigenvalue weighted by Gasteiger charge is -2.09. The van der Waals surface area contributed by atoms with E-state index in [0.717, 1.165) is 22.4 Å². The first-order chi connectivity index (χ1) is 9.28. The van der Waals surface area contributed by atoms with E-state index in [1.165, 1.54) is 0 Å². The monoisotopic (exact) mass is 255 g/mol. The van der Waals surface area contributed by atoms with E-state index in [-0.39, 0.29) is 0 Å². The highest BCUT2D eigenvalue weighted by molar-refractivity contribution is 5.89. The molecule has 3 aromatic rings. The highest BCUT2D eigenvalue weighted by atomic mass is 16.5. The first-order valence-electron chi connectivity index (χ1n) is 5.88. The largest absolute Gasteiger partial charge is 0.496 e. The van der Waals surface area contributed by atoms with Crippen LogP contribution in [0.5, 0.6) is 5.75 Å². The number of nitrogens with one attached hydrogen (secondary N) is 1. The molecule has 2 heterocycles. The van der Waals surface area contributed by atoms with Crippen LogP contribution in [0.1, 0.15) is 5.56 Å². The van der Waals surface area contributed by atoms with Crippen molar-refractivity contribution in [1.29, 1.82) is 0 Å². The third-order valence-corrected chi connectivity index (χ3v) is 2.95. The third-order valence-electron chi connectivity index (χ3n) is 2.95. The Morgan fingerprint density at radius 2 is 2.16 bits per heavy atom. The second kappa shape index (κ2) is 4.61. The van der Waals surface area contributed by atoms with E-state index in [0.29, 0.717) is 11.4 Å². The minimum Gasteiger partial charge on any atom is -0.496 e. The SMILES string of the molecule is COc1cc(Nc2nncc3occc23)ccc1C. The summed E-state index contributed by atoms with van der Waals surface area (Å²) in [5.74, 6) is 1.49. The number of fused-ring (bicyclic) bond motifs is 1. The van der Waals surface area contributed by atoms with Crippen molar-refractivity contribution in [2.45, 2.75) is 6.92 Å². The van der Waals surface area contributed by atoms with Crippen molar-refractivity contribution in [3.63, 3.8) is 0 Å². The van der Waals surface area contributed by atoms with Gasteiger partial charge in [0.05, 0.1) is 25.0 Å². The van der Waals surface area contributed by atoms with Gasteiger partial charge in [-0.3, -0.25) is 0 Å². The predicted octanol–water partition coefficient (Wildman–Crippen LogP) is 3.28. The van der Waals surface area contributed by atoms with Gasteiger partial charge in [-0.05, 0) is 24.6 Å². The Labute approximate surface area is 110 Å². The lowest BCUT2D eigenvalue weighted by atomic mass is 10.2. The molecule has 0 aliphatic carbocycles. The molecule has 1 N–H and O–H groups in total. The summed E-state index contributed by atoms with van der Waals surface area (Å²) in [4.78, 5) is 0. The molecule has 19 heavy (non-hydrogen) atoms. The molecular weight excluding hydrogens is 242 g/mol. The molecule has 1 aromatic carbocycles. The fraction of sp³-hybridized carbons (Fsp3) is 0.143. The maximum atomic E-state index is 5.30. The summed E-state index contributed by atoms with van der Waals surface area (Å²) in [6, 6.07) is 7.75. The summed E-state index contributed by atoms with van der Waals surface area (Å²) in [5, 5.41) is 12.1. The molecule has 5 nitrogen and oxygen atoms in total. The van der Waals surface area contributed by atoms with Crippen LogP contribution in [0.2, 0.25) is 0 Å². The lowest BCUT2D eigenvalue weighted by molar-refractivity contribution is 0.412. The number of nitrogens with zero attached hydrogens (tertiary/aromatic N) is 2. The number of rotatable bonds is 3. The summed E-state index contributed by atoms with van der Waals surface area (Å²) in [6.07, 6.45) is 3.21. The maximum absolute atomic E-state index is 5.30. The normalized spacial score (nSPS) is 10.6. The van der Waals surface area contributed by atoms with Gasteiger partial charge in [-0.15, -0.1) is 5.10 Å². The van der Waals surface area contributed by atoms with Crippen LogP contribution in [0.25, 0.3) is 11.0 Å². The van der Waals surface area contributed by atoms with Gasteiger partial charge in [0.15, 0.2) is 11.4 Å². The zero-order valence-corrected chi connectivity index (χ0v) is 10.7. The molecule has 0 fully saturated rings. The molecule has 5 heteroatoms. The van der Waals surface area contributed by atoms with Crippen molar-refractivity contribution in [2.75, 3.05) is 12.4 Å². The predicted molar refractivity (Wildman–Crippen MR) is 72.8 cm³/mol. The number of aryl methyl sites for hydroxylation is 1. The van der Waals surface area contributed by atoms with E-state index < -0.39 is 0 Å². The standard InChI is InChI=1S/C14H13N3O2/c1-9-3-4-10(7-12(9)18-2)16-14-11-5-6-19-13(11)8-15-17-14/h3-8H,1-2H3,(H,16,17). The van der Waals surface area contributed by atoms with Crippen LogP contribution in [0.3, 0.4) is 0 Å². The highest BCUT2D eigenvalue weighted by Gasteiger charge is 2.07. The van der Waals surface area contributed by atoms with Crippen molar-refractivity contribution in [1.82, 2.24) is 10.2 Å². The van der Waals surface area contributed by atoms with E-state index in [1.807, 2.05) is 31.2 Å². The number of ether oxygens (including phenoxy) is 1. The van der Waals surface area contributed by atoms with Crippen molar-refractivity contribution in [3.8, 4) is 5.75 Å². The topological polar surface area (TPSA) is 60.2 Å². The molecule has 3 rings (SSSR count). The van der Waals surface area contributed by atoms with Gasteiger partial charge < -0.3 is 14.5 Å². The van der Waals surface area contributed by atoms with Gasteiger partial charge in [0, 0.05) is 11.8 Å². The summed E-state index contributed by atoms with van der Waals surface area (Å²) in [6.45, 7) is 2.00. The average molecular weight is 255 g/mol. The minimum absolute atomic E-state index is 0.664. The molecular formula is C14H13N3O2. The van der Waals surface area contributed by atoms with E-state index in [4.69, 9.17) is 9.15 Å². The van der Waals surface area contributed by atoms with Crippen molar-refractivity contribution < 1.29 is 9.15 Å². The van der Waals surface area contributed by atoms with E-state index in [1.54, 1.807) is 19.6 Å². The number of aromatic nitrogens is 2. The quantitative estimate of drug-likeness (QED) is 0.778. The Bertz CT molecular complexity index is 722. The molecule has 0 atom stereocenters. The maximum Gasteiger partial charge on any atom is 0.164 e. The molecule has 2 aromatic heterocycles. The second-order valence-electron chi connectivity index (χ2n) is 4.20. The van der Waals surface area contributed by atoms with E-state index >= 15 is 0 Å². The Balaban J connectivity index is 1.99. The zero-order chi connectivity index (χ0) is 13.2. The molecule has 96 valence electrons. The fourth-order valence-electron chi connectivity index (χ4n) is 1.94. The molecule has 0 spiro atoms. The van der Waals surface area contributed by atoms with Crippen LogP contribution in [0, 0.1) is 6.92 Å². The molecule has 0 aliphatic rings. The fourth-order valence-corrected chi connectivity index (χ4v) is 1.94. The van der Waals surface area contributed by atoms with Gasteiger partial charge in [0.25, 0.3) is 0 Å². The molecule has 0 saturated carbocycles. The first-order valence-corrected chi connectivity index (χ1v) is 5.88. The van der Waals surface area contributed by atoms with Gasteiger partial charge in [0.1, 0.15) is 5.75 Å². The number of methoxy groups -OCH3 is 1. The molecule has 0 saturated heterocycles. The van der Waals surface area contributed by atoms with Crippen molar-refractivity contribution in [2.24, 2.45) is 0 Å². The Morgan fingerprint density at radius 1 is 1.26 bits per heavy atom. The average Bonchev–Trinajstić information content (AvgIpc) is 2.90. The summed E-state index contributed by atoms with van der Waals surface area (Å²) >= 11 is 0. The Hall–Kier alpha value is -2.56. The third kappa shape index (κ3) is 2.10. The van der Waals surface area contributed by atoms with Crippen LogP contribution < -0.4 is 10.1 Å². The van der Waals surface area contributed by atoms with Gasteiger partial charge in [0.2, 0.25) is 0 Å². The molecule has 0 unspecified atom stereocenters. The van der Waals surface area contributed by atoms with Gasteiger partial charge in [-0.2, -0.15) is 5.10 Å². The van der Waals surface area contributed by atoms with Gasteiger partial charge in [-0.25, -0.2) is 0 Å². The number of furan rings is 1. The number of hydrogen-bond acceptors (Lipinski definition) is 5. The summed E-state index contributed by atoms with van der Waals surface area (Å²) in [7, 11) is 1.66. The summed E-state index contributed by atoms with van der Waals surface area (Å²) in [5.41, 5.74) is 2.68. The minimum atomic E-state index is 0.664. The van der Waals surface area contributed by atoms with Crippen LogP contribution >= 0.6 is 0 Å². The van der Waals surface area contributed by atoms with Crippen LogP contribution in [-0.4, -0.2) is 17.3 Å². The Morgan fingerprint density at radius 3 is 3.00 bits per heavy atom. The van der Waals surface area contributed by atoms with Gasteiger partial charge >= 0.3 is 0 Å².